The van der Waals surface area contributed by atoms with Gasteiger partial charge < -0.3 is 18.9 Å². The average molecular weight is 427 g/mol. The number of aromatic nitrogens is 2. The van der Waals surface area contributed by atoms with E-state index in [0.717, 1.165) is 11.1 Å². The molecule has 0 saturated heterocycles. The first-order valence-corrected chi connectivity index (χ1v) is 10.00. The third-order valence-corrected chi connectivity index (χ3v) is 4.89. The number of nitrogens with zero attached hydrogens (tertiary/aromatic N) is 3. The lowest BCUT2D eigenvalue weighted by Crippen LogP contribution is -2.39. The lowest BCUT2D eigenvalue weighted by Gasteiger charge is -2.26. The molecule has 0 fully saturated rings. The monoisotopic (exact) mass is 427 g/mol. The van der Waals surface area contributed by atoms with Gasteiger partial charge in [-0.05, 0) is 49.7 Å². The summed E-state index contributed by atoms with van der Waals surface area (Å²) in [6.07, 6.45) is 0.632. The number of hydrogen-bond acceptors (Lipinski definition) is 6. The molecule has 0 spiro atoms. The summed E-state index contributed by atoms with van der Waals surface area (Å²) < 4.78 is 29.0. The lowest BCUT2D eigenvalue weighted by atomic mass is 10.1. The van der Waals surface area contributed by atoms with Gasteiger partial charge in [-0.2, -0.15) is 4.98 Å². The number of hydrogen-bond donors (Lipinski definition) is 0. The Balaban J connectivity index is 1.66. The van der Waals surface area contributed by atoms with Crippen LogP contribution in [0.4, 0.5) is 4.39 Å². The molecule has 1 aromatic heterocycles. The molecule has 0 N–H and O–H groups in total. The minimum absolute atomic E-state index is 0.00110. The number of methoxy groups -OCH3 is 2. The van der Waals surface area contributed by atoms with E-state index in [2.05, 4.69) is 10.1 Å². The lowest BCUT2D eigenvalue weighted by molar-refractivity contribution is -0.132. The molecule has 0 unspecified atom stereocenters. The summed E-state index contributed by atoms with van der Waals surface area (Å²) in [5.41, 5.74) is 1.51. The van der Waals surface area contributed by atoms with Crippen LogP contribution < -0.4 is 9.47 Å². The standard InChI is InChI=1S/C23H26FN3O4/c1-15(2)27(22(28)13-16-5-8-18(24)9-6-16)12-11-21-25-23(26-31-21)17-7-10-19(29-3)20(14-17)30-4/h5-10,14-15H,11-13H2,1-4H3. The van der Waals surface area contributed by atoms with Crippen LogP contribution in [0.15, 0.2) is 47.0 Å². The highest BCUT2D eigenvalue weighted by molar-refractivity contribution is 5.79. The summed E-state index contributed by atoms with van der Waals surface area (Å²) in [7, 11) is 3.13. The molecule has 0 bridgehead atoms. The summed E-state index contributed by atoms with van der Waals surface area (Å²) in [6, 6.07) is 11.3. The van der Waals surface area contributed by atoms with Gasteiger partial charge in [0.15, 0.2) is 11.5 Å². The molecule has 7 nitrogen and oxygen atoms in total. The van der Waals surface area contributed by atoms with E-state index in [9.17, 15) is 9.18 Å². The van der Waals surface area contributed by atoms with Gasteiger partial charge in [0.1, 0.15) is 5.82 Å². The summed E-state index contributed by atoms with van der Waals surface area (Å²) in [4.78, 5) is 19.0. The Labute approximate surface area is 180 Å². The number of amides is 1. The van der Waals surface area contributed by atoms with Crippen LogP contribution in [-0.4, -0.2) is 47.8 Å². The third-order valence-electron chi connectivity index (χ3n) is 4.89. The predicted molar refractivity (Wildman–Crippen MR) is 113 cm³/mol. The molecule has 0 aliphatic rings. The van der Waals surface area contributed by atoms with Gasteiger partial charge in [-0.3, -0.25) is 4.79 Å². The van der Waals surface area contributed by atoms with E-state index < -0.39 is 0 Å². The van der Waals surface area contributed by atoms with Crippen LogP contribution >= 0.6 is 0 Å². The van der Waals surface area contributed by atoms with Crippen molar-refractivity contribution in [1.29, 1.82) is 0 Å². The highest BCUT2D eigenvalue weighted by Gasteiger charge is 2.19. The fourth-order valence-electron chi connectivity index (χ4n) is 3.21. The number of ether oxygens (including phenoxy) is 2. The molecule has 8 heteroatoms. The Hall–Kier alpha value is -3.42. The maximum absolute atomic E-state index is 13.1. The maximum Gasteiger partial charge on any atom is 0.228 e. The van der Waals surface area contributed by atoms with Gasteiger partial charge in [0.05, 0.1) is 20.6 Å². The van der Waals surface area contributed by atoms with E-state index in [1.807, 2.05) is 19.9 Å². The first kappa shape index (κ1) is 22.3. The van der Waals surface area contributed by atoms with Crippen LogP contribution in [0.3, 0.4) is 0 Å². The zero-order chi connectivity index (χ0) is 22.4. The second-order valence-electron chi connectivity index (χ2n) is 7.32. The van der Waals surface area contributed by atoms with Gasteiger partial charge in [0, 0.05) is 24.6 Å². The highest BCUT2D eigenvalue weighted by Crippen LogP contribution is 2.31. The molecule has 0 aliphatic heterocycles. The van der Waals surface area contributed by atoms with Crippen molar-refractivity contribution in [3.8, 4) is 22.9 Å². The van der Waals surface area contributed by atoms with Crippen molar-refractivity contribution in [2.24, 2.45) is 0 Å². The van der Waals surface area contributed by atoms with Crippen molar-refractivity contribution in [2.45, 2.75) is 32.7 Å². The van der Waals surface area contributed by atoms with Crippen molar-refractivity contribution in [3.05, 3.63) is 59.7 Å². The highest BCUT2D eigenvalue weighted by atomic mass is 19.1. The SMILES string of the molecule is COc1ccc(-c2noc(CCN(C(=O)Cc3ccc(F)cc3)C(C)C)n2)cc1OC. The first-order valence-electron chi connectivity index (χ1n) is 10.00. The van der Waals surface area contributed by atoms with Gasteiger partial charge in [0.25, 0.3) is 0 Å². The van der Waals surface area contributed by atoms with E-state index in [0.29, 0.717) is 36.2 Å². The molecule has 0 aliphatic carbocycles. The molecular formula is C23H26FN3O4. The molecule has 0 radical (unpaired) electrons. The van der Waals surface area contributed by atoms with Crippen molar-refractivity contribution in [1.82, 2.24) is 15.0 Å². The van der Waals surface area contributed by atoms with Crippen molar-refractivity contribution in [2.75, 3.05) is 20.8 Å². The van der Waals surface area contributed by atoms with Crippen LogP contribution in [0.25, 0.3) is 11.4 Å². The van der Waals surface area contributed by atoms with Crippen LogP contribution in [0.2, 0.25) is 0 Å². The molecule has 31 heavy (non-hydrogen) atoms. The topological polar surface area (TPSA) is 77.7 Å². The van der Waals surface area contributed by atoms with Gasteiger partial charge in [-0.1, -0.05) is 17.3 Å². The largest absolute Gasteiger partial charge is 0.493 e. The number of benzene rings is 2. The number of halogens is 1. The van der Waals surface area contributed by atoms with Gasteiger partial charge in [0.2, 0.25) is 17.6 Å². The van der Waals surface area contributed by atoms with E-state index in [4.69, 9.17) is 14.0 Å². The van der Waals surface area contributed by atoms with Crippen molar-refractivity contribution < 1.29 is 23.2 Å². The molecule has 1 heterocycles. The van der Waals surface area contributed by atoms with Crippen LogP contribution in [0, 0.1) is 5.82 Å². The van der Waals surface area contributed by atoms with E-state index in [1.54, 1.807) is 43.4 Å². The van der Waals surface area contributed by atoms with Gasteiger partial charge in [-0.25, -0.2) is 4.39 Å². The Kier molecular flexibility index (Phi) is 7.23. The summed E-state index contributed by atoms with van der Waals surface area (Å²) in [6.45, 7) is 4.34. The molecule has 164 valence electrons. The van der Waals surface area contributed by atoms with Crippen LogP contribution in [0.5, 0.6) is 11.5 Å². The third kappa shape index (κ3) is 5.59. The molecule has 3 aromatic rings. The van der Waals surface area contributed by atoms with Gasteiger partial charge in [-0.15, -0.1) is 0 Å². The van der Waals surface area contributed by atoms with Crippen LogP contribution in [0.1, 0.15) is 25.3 Å². The van der Waals surface area contributed by atoms with E-state index in [-0.39, 0.29) is 24.2 Å². The summed E-state index contributed by atoms with van der Waals surface area (Å²) in [5.74, 6) is 1.69. The molecule has 0 saturated carbocycles. The van der Waals surface area contributed by atoms with Crippen molar-refractivity contribution >= 4 is 5.91 Å². The Morgan fingerprint density at radius 3 is 2.45 bits per heavy atom. The van der Waals surface area contributed by atoms with E-state index in [1.165, 1.54) is 12.1 Å². The second-order valence-corrected chi connectivity index (χ2v) is 7.32. The number of carbonyl (C=O) groups is 1. The summed E-state index contributed by atoms with van der Waals surface area (Å²) >= 11 is 0. The normalized spacial score (nSPS) is 10.9. The maximum atomic E-state index is 13.1. The number of rotatable bonds is 9. The number of carbonyl (C=O) groups excluding carboxylic acids is 1. The smallest absolute Gasteiger partial charge is 0.228 e. The molecule has 1 amide bonds. The molecule has 2 aromatic carbocycles. The Morgan fingerprint density at radius 2 is 1.81 bits per heavy atom. The Bertz CT molecular complexity index is 1020. The molecule has 3 rings (SSSR count). The predicted octanol–water partition coefficient (Wildman–Crippen LogP) is 3.92. The van der Waals surface area contributed by atoms with E-state index >= 15 is 0 Å². The minimum Gasteiger partial charge on any atom is -0.493 e. The fraction of sp³-hybridized carbons (Fsp3) is 0.348. The van der Waals surface area contributed by atoms with Crippen LogP contribution in [-0.2, 0) is 17.6 Å². The zero-order valence-electron chi connectivity index (χ0n) is 18.1. The zero-order valence-corrected chi connectivity index (χ0v) is 18.1. The van der Waals surface area contributed by atoms with Crippen molar-refractivity contribution in [3.63, 3.8) is 0 Å². The fourth-order valence-corrected chi connectivity index (χ4v) is 3.21. The molecule has 0 atom stereocenters. The summed E-state index contributed by atoms with van der Waals surface area (Å²) in [5, 5.41) is 4.04. The molecular weight excluding hydrogens is 401 g/mol. The first-order chi connectivity index (χ1) is 14.9. The quantitative estimate of drug-likeness (QED) is 0.515. The second kappa shape index (κ2) is 10.1. The Morgan fingerprint density at radius 1 is 1.10 bits per heavy atom. The van der Waals surface area contributed by atoms with Gasteiger partial charge >= 0.3 is 0 Å². The average Bonchev–Trinajstić information content (AvgIpc) is 3.23. The minimum atomic E-state index is -0.321.